The first kappa shape index (κ1) is 16.3. The summed E-state index contributed by atoms with van der Waals surface area (Å²) in [5, 5.41) is 14.4. The summed E-state index contributed by atoms with van der Waals surface area (Å²) in [5.41, 5.74) is 7.25. The molecule has 0 saturated heterocycles. The van der Waals surface area contributed by atoms with E-state index in [0.29, 0.717) is 28.5 Å². The largest absolute Gasteiger partial charge is 0.456 e. The number of carbonyl (C=O) groups is 2. The molecule has 0 bridgehead atoms. The Hall–Kier alpha value is -2.86. The van der Waals surface area contributed by atoms with E-state index < -0.39 is 11.2 Å². The molecule has 0 radical (unpaired) electrons. The summed E-state index contributed by atoms with van der Waals surface area (Å²) >= 11 is 0. The summed E-state index contributed by atoms with van der Waals surface area (Å²) in [6.07, 6.45) is 2.27. The van der Waals surface area contributed by atoms with Crippen LogP contribution in [0.3, 0.4) is 0 Å². The van der Waals surface area contributed by atoms with Crippen LogP contribution in [-0.2, 0) is 16.0 Å². The second-order valence-electron chi connectivity index (χ2n) is 7.69. The number of ketones is 1. The molecule has 1 unspecified atom stereocenters. The van der Waals surface area contributed by atoms with E-state index in [4.69, 9.17) is 10.5 Å². The van der Waals surface area contributed by atoms with Crippen molar-refractivity contribution >= 4 is 17.4 Å². The van der Waals surface area contributed by atoms with E-state index in [1.807, 2.05) is 18.2 Å². The Morgan fingerprint density at radius 1 is 1.30 bits per heavy atom. The van der Waals surface area contributed by atoms with Gasteiger partial charge in [0.1, 0.15) is 11.2 Å². The summed E-state index contributed by atoms with van der Waals surface area (Å²) < 4.78 is 6.05. The number of nitrogens with two attached hydrogens (primary N) is 1. The predicted octanol–water partition coefficient (Wildman–Crippen LogP) is 1.95. The first-order chi connectivity index (χ1) is 12.9. The monoisotopic (exact) mass is 364 g/mol. The standard InChI is InChI=1S/C21H20N2O4/c1-11(24)23-10-20-14-8-7-13(12-5-6-12)9-17(14)27-21(20,26)15-3-2-4-16(22)18(15)19(20)25/h2-4,7-9,12,26H,5-6,10,22H2,1H3,(H,23,24)/t20?,21-/m0/s1. The van der Waals surface area contributed by atoms with Gasteiger partial charge in [-0.05, 0) is 36.5 Å². The summed E-state index contributed by atoms with van der Waals surface area (Å²) in [7, 11) is 0. The number of fused-ring (bicyclic) bond motifs is 5. The van der Waals surface area contributed by atoms with Crippen LogP contribution in [0.25, 0.3) is 0 Å². The fourth-order valence-electron chi connectivity index (χ4n) is 4.51. The number of aliphatic hydroxyl groups is 1. The van der Waals surface area contributed by atoms with E-state index in [1.165, 1.54) is 6.92 Å². The van der Waals surface area contributed by atoms with Crippen LogP contribution in [0.15, 0.2) is 36.4 Å². The minimum Gasteiger partial charge on any atom is -0.456 e. The van der Waals surface area contributed by atoms with Crippen LogP contribution in [0.2, 0.25) is 0 Å². The Balaban J connectivity index is 1.74. The van der Waals surface area contributed by atoms with Crippen molar-refractivity contribution in [1.82, 2.24) is 5.32 Å². The molecule has 0 aromatic heterocycles. The molecule has 2 aromatic rings. The van der Waals surface area contributed by atoms with Gasteiger partial charge in [-0.1, -0.05) is 24.3 Å². The highest BCUT2D eigenvalue weighted by Crippen LogP contribution is 2.60. The molecule has 5 rings (SSSR count). The Kier molecular flexibility index (Phi) is 3.09. The quantitative estimate of drug-likeness (QED) is 0.723. The number of hydrogen-bond donors (Lipinski definition) is 3. The lowest BCUT2D eigenvalue weighted by Crippen LogP contribution is -2.55. The second-order valence-corrected chi connectivity index (χ2v) is 7.69. The van der Waals surface area contributed by atoms with Gasteiger partial charge in [0.2, 0.25) is 5.91 Å². The Labute approximate surface area is 156 Å². The molecule has 3 aliphatic rings. The van der Waals surface area contributed by atoms with Crippen LogP contribution in [0.1, 0.15) is 52.7 Å². The van der Waals surface area contributed by atoms with Gasteiger partial charge in [0.15, 0.2) is 5.78 Å². The Morgan fingerprint density at radius 2 is 2.07 bits per heavy atom. The van der Waals surface area contributed by atoms with E-state index >= 15 is 0 Å². The number of carbonyl (C=O) groups excluding carboxylic acids is 2. The Morgan fingerprint density at radius 3 is 2.78 bits per heavy atom. The highest BCUT2D eigenvalue weighted by atomic mass is 16.6. The topological polar surface area (TPSA) is 102 Å². The van der Waals surface area contributed by atoms with Crippen molar-refractivity contribution in [3.63, 3.8) is 0 Å². The lowest BCUT2D eigenvalue weighted by molar-refractivity contribution is -0.163. The molecule has 2 aromatic carbocycles. The molecule has 4 N–H and O–H groups in total. The van der Waals surface area contributed by atoms with Crippen LogP contribution in [0.5, 0.6) is 5.75 Å². The molecule has 27 heavy (non-hydrogen) atoms. The van der Waals surface area contributed by atoms with E-state index in [0.717, 1.165) is 18.4 Å². The first-order valence-corrected chi connectivity index (χ1v) is 9.12. The van der Waals surface area contributed by atoms with E-state index in [2.05, 4.69) is 5.32 Å². The number of amides is 1. The van der Waals surface area contributed by atoms with Crippen LogP contribution in [0.4, 0.5) is 5.69 Å². The number of nitrogens with one attached hydrogen (secondary N) is 1. The number of Topliss-reactive ketones (excluding diaryl/α,β-unsaturated/α-hetero) is 1. The molecule has 1 saturated carbocycles. The van der Waals surface area contributed by atoms with Gasteiger partial charge in [-0.15, -0.1) is 0 Å². The fraction of sp³-hybridized carbons (Fsp3) is 0.333. The van der Waals surface area contributed by atoms with E-state index in [1.54, 1.807) is 18.2 Å². The molecule has 6 nitrogen and oxygen atoms in total. The number of rotatable bonds is 3. The van der Waals surface area contributed by atoms with Gasteiger partial charge in [0, 0.05) is 30.3 Å². The van der Waals surface area contributed by atoms with Crippen molar-refractivity contribution in [1.29, 1.82) is 0 Å². The van der Waals surface area contributed by atoms with E-state index in [9.17, 15) is 14.7 Å². The third-order valence-corrected chi connectivity index (χ3v) is 6.03. The van der Waals surface area contributed by atoms with Crippen molar-refractivity contribution in [2.75, 3.05) is 12.3 Å². The number of hydrogen-bond acceptors (Lipinski definition) is 5. The zero-order chi connectivity index (χ0) is 19.0. The van der Waals surface area contributed by atoms with Gasteiger partial charge < -0.3 is 20.9 Å². The molecule has 0 spiro atoms. The van der Waals surface area contributed by atoms with Crippen LogP contribution in [-0.4, -0.2) is 23.3 Å². The average molecular weight is 364 g/mol. The molecule has 2 aliphatic carbocycles. The van der Waals surface area contributed by atoms with Crippen molar-refractivity contribution in [3.05, 3.63) is 58.7 Å². The first-order valence-electron chi connectivity index (χ1n) is 9.12. The predicted molar refractivity (Wildman–Crippen MR) is 98.5 cm³/mol. The van der Waals surface area contributed by atoms with Crippen molar-refractivity contribution < 1.29 is 19.4 Å². The minimum atomic E-state index is -1.90. The molecule has 1 amide bonds. The Bertz CT molecular complexity index is 1010. The molecule has 1 aliphatic heterocycles. The SMILES string of the molecule is CC(=O)NCC12C(=O)c3c(N)cccc3[C@]1(O)Oc1cc(C3CC3)ccc12. The van der Waals surface area contributed by atoms with Crippen LogP contribution >= 0.6 is 0 Å². The third kappa shape index (κ3) is 1.93. The molecule has 1 heterocycles. The number of benzene rings is 2. The van der Waals surface area contributed by atoms with Gasteiger partial charge in [-0.25, -0.2) is 0 Å². The lowest BCUT2D eigenvalue weighted by atomic mass is 9.74. The smallest absolute Gasteiger partial charge is 0.254 e. The maximum absolute atomic E-state index is 13.6. The molecule has 1 fully saturated rings. The van der Waals surface area contributed by atoms with Crippen LogP contribution < -0.4 is 15.8 Å². The number of anilines is 1. The number of nitrogen functional groups attached to an aromatic ring is 1. The summed E-state index contributed by atoms with van der Waals surface area (Å²) in [5.74, 6) is -1.51. The van der Waals surface area contributed by atoms with Gasteiger partial charge in [0.25, 0.3) is 5.79 Å². The molecular weight excluding hydrogens is 344 g/mol. The zero-order valence-electron chi connectivity index (χ0n) is 14.9. The maximum atomic E-state index is 13.6. The molecular formula is C21H20N2O4. The summed E-state index contributed by atoms with van der Waals surface area (Å²) in [6.45, 7) is 1.31. The lowest BCUT2D eigenvalue weighted by Gasteiger charge is -2.33. The van der Waals surface area contributed by atoms with Gasteiger partial charge in [0.05, 0.1) is 5.56 Å². The van der Waals surface area contributed by atoms with Gasteiger partial charge >= 0.3 is 0 Å². The zero-order valence-corrected chi connectivity index (χ0v) is 14.9. The average Bonchev–Trinajstić information content (AvgIpc) is 3.40. The highest BCUT2D eigenvalue weighted by Gasteiger charge is 2.71. The maximum Gasteiger partial charge on any atom is 0.254 e. The third-order valence-electron chi connectivity index (χ3n) is 6.03. The highest BCUT2D eigenvalue weighted by molar-refractivity contribution is 6.14. The normalized spacial score (nSPS) is 27.6. The van der Waals surface area contributed by atoms with Crippen molar-refractivity contribution in [2.24, 2.45) is 0 Å². The number of ether oxygens (including phenoxy) is 1. The molecule has 6 heteroatoms. The molecule has 2 atom stereocenters. The van der Waals surface area contributed by atoms with Crippen molar-refractivity contribution in [2.45, 2.75) is 36.9 Å². The minimum absolute atomic E-state index is 0.0679. The summed E-state index contributed by atoms with van der Waals surface area (Å²) in [6, 6.07) is 10.7. The second kappa shape index (κ2) is 5.10. The molecule has 138 valence electrons. The fourth-order valence-corrected chi connectivity index (χ4v) is 4.51. The van der Waals surface area contributed by atoms with Gasteiger partial charge in [-0.2, -0.15) is 0 Å². The van der Waals surface area contributed by atoms with Crippen molar-refractivity contribution in [3.8, 4) is 5.75 Å². The van der Waals surface area contributed by atoms with E-state index in [-0.39, 0.29) is 23.8 Å². The van der Waals surface area contributed by atoms with Gasteiger partial charge in [-0.3, -0.25) is 9.59 Å². The summed E-state index contributed by atoms with van der Waals surface area (Å²) in [4.78, 5) is 25.2. The van der Waals surface area contributed by atoms with Crippen LogP contribution in [0, 0.1) is 0 Å².